The smallest absolute Gasteiger partial charge is 0.335 e. The zero-order valence-electron chi connectivity index (χ0n) is 51.5. The van der Waals surface area contributed by atoms with Crippen LogP contribution in [-0.4, -0.2) is 89.2 Å². The summed E-state index contributed by atoms with van der Waals surface area (Å²) in [5, 5.41) is 31.6. The number of carbonyl (C=O) groups excluding carboxylic acids is 3. The maximum atomic E-state index is 13.2. The second-order valence-electron chi connectivity index (χ2n) is 22.4. The largest absolute Gasteiger partial charge is 0.479 e. The Morgan fingerprint density at radius 2 is 0.790 bits per heavy atom. The Balaban J connectivity index is 2.67. The fraction of sp³-hybridized carbons (Fsp3) is 0.768. The number of carbonyl (C=O) groups is 4. The molecule has 1 fully saturated rings. The number of rotatable bonds is 56. The molecule has 1 saturated heterocycles. The molecule has 81 heavy (non-hydrogen) atoms. The topological polar surface area (TPSA) is 175 Å². The molecule has 0 aliphatic carbocycles. The molecule has 6 unspecified atom stereocenters. The summed E-state index contributed by atoms with van der Waals surface area (Å²) < 4.78 is 28.5. The highest BCUT2D eigenvalue weighted by Crippen LogP contribution is 2.27. The number of allylic oxidation sites excluding steroid dienone is 12. The first-order valence-corrected chi connectivity index (χ1v) is 32.9. The van der Waals surface area contributed by atoms with Crippen LogP contribution in [0.4, 0.5) is 0 Å². The average Bonchev–Trinajstić information content (AvgIpc) is 3.53. The van der Waals surface area contributed by atoms with Crippen molar-refractivity contribution in [3.05, 3.63) is 72.9 Å². The number of carboxylic acids is 1. The zero-order valence-corrected chi connectivity index (χ0v) is 51.5. The molecule has 0 aromatic carbocycles. The van der Waals surface area contributed by atoms with E-state index in [-0.39, 0.29) is 25.9 Å². The Labute approximate surface area is 493 Å². The lowest BCUT2D eigenvalue weighted by atomic mass is 9.98. The van der Waals surface area contributed by atoms with E-state index in [9.17, 15) is 34.5 Å². The van der Waals surface area contributed by atoms with Gasteiger partial charge in [0, 0.05) is 19.3 Å². The maximum absolute atomic E-state index is 13.2. The number of aliphatic hydroxyl groups is 2. The molecule has 1 aliphatic rings. The van der Waals surface area contributed by atoms with E-state index in [2.05, 4.69) is 87.6 Å². The Hall–Kier alpha value is -3.84. The summed E-state index contributed by atoms with van der Waals surface area (Å²) in [6, 6.07) is 0. The summed E-state index contributed by atoms with van der Waals surface area (Å²) >= 11 is 0. The van der Waals surface area contributed by atoms with Gasteiger partial charge < -0.3 is 39.0 Å². The van der Waals surface area contributed by atoms with Gasteiger partial charge in [-0.15, -0.1) is 0 Å². The summed E-state index contributed by atoms with van der Waals surface area (Å²) in [4.78, 5) is 51.3. The van der Waals surface area contributed by atoms with E-state index in [0.29, 0.717) is 25.7 Å². The van der Waals surface area contributed by atoms with Crippen LogP contribution in [0, 0.1) is 0 Å². The predicted octanol–water partition coefficient (Wildman–Crippen LogP) is 17.7. The molecule has 6 atom stereocenters. The number of ether oxygens (including phenoxy) is 5. The third-order valence-corrected chi connectivity index (χ3v) is 14.8. The van der Waals surface area contributed by atoms with Crippen molar-refractivity contribution in [2.75, 3.05) is 13.2 Å². The number of esters is 3. The van der Waals surface area contributed by atoms with Crippen molar-refractivity contribution in [2.45, 2.75) is 327 Å². The summed E-state index contributed by atoms with van der Waals surface area (Å²) in [5.41, 5.74) is 0. The molecule has 0 saturated carbocycles. The zero-order chi connectivity index (χ0) is 58.9. The van der Waals surface area contributed by atoms with Crippen LogP contribution >= 0.6 is 0 Å². The number of carboxylic acid groups (broad SMARTS) is 1. The minimum Gasteiger partial charge on any atom is -0.479 e. The molecule has 12 nitrogen and oxygen atoms in total. The molecular weight excluding hydrogens is 1020 g/mol. The minimum absolute atomic E-state index is 0.0529. The molecule has 0 aromatic rings. The van der Waals surface area contributed by atoms with Gasteiger partial charge >= 0.3 is 23.9 Å². The van der Waals surface area contributed by atoms with Crippen LogP contribution in [0.15, 0.2) is 72.9 Å². The van der Waals surface area contributed by atoms with E-state index in [1.54, 1.807) is 0 Å². The van der Waals surface area contributed by atoms with Gasteiger partial charge in [0.15, 0.2) is 24.6 Å². The SMILES string of the molecule is CC/C=C\C/C=C\C/C=C\C/C=C\C/C=C\CCCC(=O)OCC(COC1OC(C(=O)O)C(O)C(O)C1OC(=O)CCCCCCCCCCC/C=C\CCCCCCCC)OC(=O)CCCCCCCCCCCCCCCCC. The third kappa shape index (κ3) is 46.3. The first-order chi connectivity index (χ1) is 39.6. The molecule has 0 radical (unpaired) electrons. The van der Waals surface area contributed by atoms with E-state index in [0.717, 1.165) is 83.5 Å². The Morgan fingerprint density at radius 3 is 1.23 bits per heavy atom. The Morgan fingerprint density at radius 1 is 0.420 bits per heavy atom. The van der Waals surface area contributed by atoms with E-state index in [4.69, 9.17) is 23.7 Å². The lowest BCUT2D eigenvalue weighted by Crippen LogP contribution is -2.61. The van der Waals surface area contributed by atoms with E-state index < -0.39 is 67.3 Å². The second kappa shape index (κ2) is 56.6. The quantitative estimate of drug-likeness (QED) is 0.0228. The number of unbranched alkanes of at least 4 members (excludes halogenated alkanes) is 30. The van der Waals surface area contributed by atoms with Gasteiger partial charge in [-0.05, 0) is 83.5 Å². The normalized spacial score (nSPS) is 18.2. The number of hydrogen-bond acceptors (Lipinski definition) is 11. The molecule has 0 spiro atoms. The van der Waals surface area contributed by atoms with Crippen LogP contribution in [0.1, 0.15) is 290 Å². The fourth-order valence-electron chi connectivity index (χ4n) is 9.75. The predicted molar refractivity (Wildman–Crippen MR) is 331 cm³/mol. The maximum Gasteiger partial charge on any atom is 0.335 e. The van der Waals surface area contributed by atoms with E-state index >= 15 is 0 Å². The monoisotopic (exact) mass is 1140 g/mol. The highest BCUT2D eigenvalue weighted by atomic mass is 16.7. The lowest BCUT2D eigenvalue weighted by Gasteiger charge is -2.40. The average molecular weight is 1140 g/mol. The summed E-state index contributed by atoms with van der Waals surface area (Å²) in [7, 11) is 0. The van der Waals surface area contributed by atoms with Gasteiger partial charge in [0.1, 0.15) is 18.8 Å². The van der Waals surface area contributed by atoms with Crippen LogP contribution in [0.25, 0.3) is 0 Å². The third-order valence-electron chi connectivity index (χ3n) is 14.8. The van der Waals surface area contributed by atoms with E-state index in [1.165, 1.54) is 141 Å². The molecule has 1 heterocycles. The van der Waals surface area contributed by atoms with Crippen LogP contribution in [0.5, 0.6) is 0 Å². The second-order valence-corrected chi connectivity index (χ2v) is 22.4. The fourth-order valence-corrected chi connectivity index (χ4v) is 9.75. The molecule has 1 aliphatic heterocycles. The van der Waals surface area contributed by atoms with Gasteiger partial charge in [-0.1, -0.05) is 261 Å². The minimum atomic E-state index is -1.91. The molecule has 0 amide bonds. The van der Waals surface area contributed by atoms with Crippen LogP contribution in [0.2, 0.25) is 0 Å². The lowest BCUT2D eigenvalue weighted by molar-refractivity contribution is -0.301. The molecule has 0 aromatic heterocycles. The first-order valence-electron chi connectivity index (χ1n) is 32.9. The number of aliphatic hydroxyl groups excluding tert-OH is 2. The number of hydrogen-bond donors (Lipinski definition) is 3. The van der Waals surface area contributed by atoms with Gasteiger partial charge in [-0.3, -0.25) is 14.4 Å². The molecule has 1 rings (SSSR count). The molecule has 466 valence electrons. The molecule has 12 heteroatoms. The summed E-state index contributed by atoms with van der Waals surface area (Å²) in [6.07, 6.45) is 60.1. The molecule has 3 N–H and O–H groups in total. The van der Waals surface area contributed by atoms with Crippen molar-refractivity contribution in [1.82, 2.24) is 0 Å². The summed E-state index contributed by atoms with van der Waals surface area (Å²) in [5.74, 6) is -3.18. The van der Waals surface area contributed by atoms with Crippen LogP contribution in [-0.2, 0) is 42.9 Å². The van der Waals surface area contributed by atoms with E-state index in [1.807, 2.05) is 6.08 Å². The highest BCUT2D eigenvalue weighted by Gasteiger charge is 2.50. The van der Waals surface area contributed by atoms with Crippen molar-refractivity contribution >= 4 is 23.9 Å². The van der Waals surface area contributed by atoms with Crippen molar-refractivity contribution in [1.29, 1.82) is 0 Å². The van der Waals surface area contributed by atoms with Crippen molar-refractivity contribution < 1.29 is 58.2 Å². The van der Waals surface area contributed by atoms with Gasteiger partial charge in [0.2, 0.25) is 0 Å². The molecular formula is C69H118O12. The van der Waals surface area contributed by atoms with Crippen molar-refractivity contribution in [3.8, 4) is 0 Å². The van der Waals surface area contributed by atoms with Gasteiger partial charge in [0.25, 0.3) is 0 Å². The molecule has 0 bridgehead atoms. The standard InChI is InChI=1S/C69H118O12/c1-4-7-10-13-16-19-22-25-28-30-31-33-36-39-42-45-48-51-54-57-63(72)80-67-65(74)64(73)66(68(75)76)81-69(67)78-59-60(79-62(71)56-53-50-47-44-41-38-34-27-24-21-18-15-12-9-6-3)58-77-61(70)55-52-49-46-43-40-37-35-32-29-26-23-20-17-14-11-8-5-2/h8,11,17,20,25-26,28-29,35,37,43,46,60,64-67,69,73-74H,4-7,9-10,12-16,18-19,21-24,27,30-34,36,38-42,44-45,47-59H2,1-3H3,(H,75,76)/b11-8-,20-17-,28-25-,29-26-,37-35-,46-43-. The summed E-state index contributed by atoms with van der Waals surface area (Å²) in [6.45, 7) is 5.87. The Kier molecular flexibility index (Phi) is 52.6. The Bertz CT molecular complexity index is 1680. The van der Waals surface area contributed by atoms with Crippen LogP contribution in [0.3, 0.4) is 0 Å². The van der Waals surface area contributed by atoms with Crippen molar-refractivity contribution in [2.24, 2.45) is 0 Å². The van der Waals surface area contributed by atoms with Crippen molar-refractivity contribution in [3.63, 3.8) is 0 Å². The van der Waals surface area contributed by atoms with Crippen LogP contribution < -0.4 is 0 Å². The van der Waals surface area contributed by atoms with Gasteiger partial charge in [-0.25, -0.2) is 4.79 Å². The number of aliphatic carboxylic acids is 1. The first kappa shape index (κ1) is 75.2. The highest BCUT2D eigenvalue weighted by molar-refractivity contribution is 5.74. The van der Waals surface area contributed by atoms with Gasteiger partial charge in [-0.2, -0.15) is 0 Å². The van der Waals surface area contributed by atoms with Gasteiger partial charge in [0.05, 0.1) is 6.61 Å².